The predicted molar refractivity (Wildman–Crippen MR) is 65.0 cm³/mol. The van der Waals surface area contributed by atoms with Crippen molar-refractivity contribution in [2.24, 2.45) is 5.92 Å². The molecule has 2 heterocycles. The van der Waals surface area contributed by atoms with E-state index in [9.17, 15) is 4.79 Å². The van der Waals surface area contributed by atoms with E-state index < -0.39 is 0 Å². The van der Waals surface area contributed by atoms with E-state index in [-0.39, 0.29) is 11.8 Å². The Morgan fingerprint density at radius 2 is 2.11 bits per heavy atom. The van der Waals surface area contributed by atoms with Gasteiger partial charge >= 0.3 is 0 Å². The molecule has 2 aliphatic heterocycles. The Labute approximate surface area is 105 Å². The number of amides is 1. The van der Waals surface area contributed by atoms with Gasteiger partial charge in [0.05, 0.1) is 18.2 Å². The molecule has 1 N–H and O–H groups in total. The maximum Gasteiger partial charge on any atom is 0.230 e. The molecule has 18 heavy (non-hydrogen) atoms. The summed E-state index contributed by atoms with van der Waals surface area (Å²) in [5.74, 6) is 1.22. The average molecular weight is 249 g/mol. The zero-order valence-electron chi connectivity index (χ0n) is 9.98. The zero-order valence-corrected chi connectivity index (χ0v) is 9.98. The van der Waals surface area contributed by atoms with Crippen LogP contribution >= 0.6 is 0 Å². The number of carbonyl (C=O) groups is 1. The highest BCUT2D eigenvalue weighted by Gasteiger charge is 2.25. The number of rotatable bonds is 2. The Balaban J connectivity index is 1.77. The second kappa shape index (κ2) is 4.86. The number of hydrogen-bond acceptors (Lipinski definition) is 4. The molecule has 1 saturated heterocycles. The van der Waals surface area contributed by atoms with E-state index in [2.05, 4.69) is 5.32 Å². The Hall–Kier alpha value is -1.75. The fraction of sp³-hybridized carbons (Fsp3) is 0.462. The molecule has 1 amide bonds. The van der Waals surface area contributed by atoms with Gasteiger partial charge in [-0.15, -0.1) is 0 Å². The van der Waals surface area contributed by atoms with Crippen molar-refractivity contribution < 1.29 is 19.0 Å². The second-order valence-electron chi connectivity index (χ2n) is 4.38. The van der Waals surface area contributed by atoms with E-state index in [0.29, 0.717) is 43.6 Å². The van der Waals surface area contributed by atoms with Gasteiger partial charge in [0.2, 0.25) is 5.91 Å². The second-order valence-corrected chi connectivity index (χ2v) is 4.38. The van der Waals surface area contributed by atoms with Gasteiger partial charge in [0.1, 0.15) is 13.2 Å². The van der Waals surface area contributed by atoms with Gasteiger partial charge in [-0.3, -0.25) is 4.79 Å². The number of benzene rings is 1. The van der Waals surface area contributed by atoms with Crippen molar-refractivity contribution in [1.82, 2.24) is 0 Å². The Kier molecular flexibility index (Phi) is 3.06. The van der Waals surface area contributed by atoms with E-state index in [0.717, 1.165) is 6.42 Å². The lowest BCUT2D eigenvalue weighted by molar-refractivity contribution is -0.119. The lowest BCUT2D eigenvalue weighted by Gasteiger charge is -2.21. The van der Waals surface area contributed by atoms with Crippen molar-refractivity contribution in [1.29, 1.82) is 0 Å². The maximum absolute atomic E-state index is 12.0. The van der Waals surface area contributed by atoms with Gasteiger partial charge in [-0.05, 0) is 18.6 Å². The predicted octanol–water partition coefficient (Wildman–Crippen LogP) is 1.43. The van der Waals surface area contributed by atoms with Crippen LogP contribution in [0.25, 0.3) is 0 Å². The molecule has 0 aliphatic carbocycles. The summed E-state index contributed by atoms with van der Waals surface area (Å²) in [4.78, 5) is 12.0. The highest BCUT2D eigenvalue weighted by molar-refractivity contribution is 5.94. The minimum absolute atomic E-state index is 0.0185. The van der Waals surface area contributed by atoms with Crippen LogP contribution in [0.1, 0.15) is 6.42 Å². The molecule has 1 atom stereocenters. The molecule has 1 aromatic carbocycles. The summed E-state index contributed by atoms with van der Waals surface area (Å²) in [5.41, 5.74) is 0.670. The molecule has 1 fully saturated rings. The zero-order chi connectivity index (χ0) is 12.4. The van der Waals surface area contributed by atoms with Crippen molar-refractivity contribution >= 4 is 11.6 Å². The smallest absolute Gasteiger partial charge is 0.230 e. The van der Waals surface area contributed by atoms with Crippen LogP contribution in [0.3, 0.4) is 0 Å². The average Bonchev–Trinajstić information content (AvgIpc) is 2.93. The van der Waals surface area contributed by atoms with Crippen LogP contribution in [0.15, 0.2) is 18.2 Å². The highest BCUT2D eigenvalue weighted by Crippen LogP contribution is 2.37. The summed E-state index contributed by atoms with van der Waals surface area (Å²) in [7, 11) is 0. The molecular formula is C13H15NO4. The van der Waals surface area contributed by atoms with Crippen LogP contribution in [0.2, 0.25) is 0 Å². The van der Waals surface area contributed by atoms with Crippen molar-refractivity contribution in [3.8, 4) is 11.5 Å². The molecular weight excluding hydrogens is 234 g/mol. The molecule has 0 saturated carbocycles. The lowest BCUT2D eigenvalue weighted by Crippen LogP contribution is -2.24. The van der Waals surface area contributed by atoms with Crippen molar-refractivity contribution in [2.45, 2.75) is 6.42 Å². The van der Waals surface area contributed by atoms with Gasteiger partial charge in [-0.25, -0.2) is 0 Å². The summed E-state index contributed by atoms with van der Waals surface area (Å²) in [5, 5.41) is 2.89. The number of para-hydroxylation sites is 1. The molecule has 0 radical (unpaired) electrons. The molecule has 96 valence electrons. The molecule has 5 nitrogen and oxygen atoms in total. The molecule has 0 spiro atoms. The fourth-order valence-corrected chi connectivity index (χ4v) is 2.15. The third-order valence-electron chi connectivity index (χ3n) is 3.12. The van der Waals surface area contributed by atoms with Gasteiger partial charge in [-0.2, -0.15) is 0 Å². The first-order valence-corrected chi connectivity index (χ1v) is 6.12. The molecule has 1 aromatic rings. The Morgan fingerprint density at radius 1 is 1.22 bits per heavy atom. The summed E-state index contributed by atoms with van der Waals surface area (Å²) >= 11 is 0. The van der Waals surface area contributed by atoms with Gasteiger partial charge < -0.3 is 19.5 Å². The van der Waals surface area contributed by atoms with E-state index in [1.54, 1.807) is 0 Å². The van der Waals surface area contributed by atoms with Crippen LogP contribution in [0.5, 0.6) is 11.5 Å². The Morgan fingerprint density at radius 3 is 2.94 bits per heavy atom. The molecule has 0 aromatic heterocycles. The normalized spacial score (nSPS) is 21.7. The number of nitrogens with one attached hydrogen (secondary N) is 1. The highest BCUT2D eigenvalue weighted by atomic mass is 16.6. The van der Waals surface area contributed by atoms with E-state index >= 15 is 0 Å². The minimum Gasteiger partial charge on any atom is -0.486 e. The third kappa shape index (κ3) is 2.13. The van der Waals surface area contributed by atoms with Gasteiger partial charge in [0.15, 0.2) is 11.5 Å². The third-order valence-corrected chi connectivity index (χ3v) is 3.12. The molecule has 0 bridgehead atoms. The standard InChI is InChI=1S/C13H15NO4/c15-13(9-4-5-16-8-9)14-10-2-1-3-11-12(10)18-7-6-17-11/h1-3,9H,4-8H2,(H,14,15). The Bertz CT molecular complexity index is 454. The lowest BCUT2D eigenvalue weighted by atomic mass is 10.1. The maximum atomic E-state index is 12.0. The molecule has 2 aliphatic rings. The number of hydrogen-bond donors (Lipinski definition) is 1. The number of carbonyl (C=O) groups excluding carboxylic acids is 1. The minimum atomic E-state index is -0.0645. The summed E-state index contributed by atoms with van der Waals surface area (Å²) in [6.45, 7) is 2.20. The quantitative estimate of drug-likeness (QED) is 0.861. The van der Waals surface area contributed by atoms with Crippen LogP contribution < -0.4 is 14.8 Å². The van der Waals surface area contributed by atoms with Gasteiger partial charge in [0.25, 0.3) is 0 Å². The SMILES string of the molecule is O=C(Nc1cccc2c1OCCO2)C1CCOC1. The first-order valence-electron chi connectivity index (χ1n) is 6.12. The van der Waals surface area contributed by atoms with E-state index in [4.69, 9.17) is 14.2 Å². The van der Waals surface area contributed by atoms with Crippen LogP contribution in [-0.4, -0.2) is 32.3 Å². The van der Waals surface area contributed by atoms with Gasteiger partial charge in [-0.1, -0.05) is 6.07 Å². The summed E-state index contributed by atoms with van der Waals surface area (Å²) in [6, 6.07) is 5.50. The largest absolute Gasteiger partial charge is 0.486 e. The number of fused-ring (bicyclic) bond motifs is 1. The van der Waals surface area contributed by atoms with Crippen molar-refractivity contribution in [3.05, 3.63) is 18.2 Å². The molecule has 1 unspecified atom stereocenters. The van der Waals surface area contributed by atoms with E-state index in [1.807, 2.05) is 18.2 Å². The van der Waals surface area contributed by atoms with Gasteiger partial charge in [0, 0.05) is 6.61 Å². The first kappa shape index (κ1) is 11.3. The number of anilines is 1. The monoisotopic (exact) mass is 249 g/mol. The van der Waals surface area contributed by atoms with Crippen molar-refractivity contribution in [2.75, 3.05) is 31.7 Å². The topological polar surface area (TPSA) is 56.8 Å². The van der Waals surface area contributed by atoms with Crippen LogP contribution in [0.4, 0.5) is 5.69 Å². The molecule has 5 heteroatoms. The summed E-state index contributed by atoms with van der Waals surface area (Å²) < 4.78 is 16.2. The number of ether oxygens (including phenoxy) is 3. The van der Waals surface area contributed by atoms with Crippen LogP contribution in [-0.2, 0) is 9.53 Å². The van der Waals surface area contributed by atoms with Crippen molar-refractivity contribution in [3.63, 3.8) is 0 Å². The fourth-order valence-electron chi connectivity index (χ4n) is 2.15. The van der Waals surface area contributed by atoms with E-state index in [1.165, 1.54) is 0 Å². The first-order chi connectivity index (χ1) is 8.84. The summed E-state index contributed by atoms with van der Waals surface area (Å²) in [6.07, 6.45) is 0.776. The molecule has 3 rings (SSSR count). The van der Waals surface area contributed by atoms with Crippen LogP contribution in [0, 0.1) is 5.92 Å².